The van der Waals surface area contributed by atoms with Crippen molar-refractivity contribution in [3.05, 3.63) is 29.3 Å². The van der Waals surface area contributed by atoms with Crippen LogP contribution in [0.25, 0.3) is 0 Å². The third kappa shape index (κ3) is 1.65. The van der Waals surface area contributed by atoms with E-state index in [4.69, 9.17) is 5.73 Å². The maximum atomic E-state index is 12.3. The van der Waals surface area contributed by atoms with Crippen LogP contribution in [-0.4, -0.2) is 12.5 Å². The third-order valence-corrected chi connectivity index (χ3v) is 3.61. The largest absolute Gasteiger partial charge is 0.324 e. The van der Waals surface area contributed by atoms with Crippen LogP contribution < -0.4 is 10.6 Å². The van der Waals surface area contributed by atoms with E-state index in [2.05, 4.69) is 6.07 Å². The molecular formula is C14H20N2O. The number of carbonyl (C=O) groups is 1. The summed E-state index contributed by atoms with van der Waals surface area (Å²) in [6.07, 6.45) is 0. The molecule has 0 aromatic heterocycles. The number of anilines is 1. The molecule has 1 aromatic carbocycles. The lowest BCUT2D eigenvalue weighted by atomic mass is 9.85. The number of fused-ring (bicyclic) bond motifs is 1. The lowest BCUT2D eigenvalue weighted by Crippen LogP contribution is -2.35. The molecular weight excluding hydrogens is 212 g/mol. The maximum absolute atomic E-state index is 12.3. The van der Waals surface area contributed by atoms with Gasteiger partial charge in [0.05, 0.1) is 5.41 Å². The van der Waals surface area contributed by atoms with E-state index < -0.39 is 5.41 Å². The number of hydrogen-bond acceptors (Lipinski definition) is 2. The smallest absolute Gasteiger partial charge is 0.237 e. The summed E-state index contributed by atoms with van der Waals surface area (Å²) in [6, 6.07) is 6.11. The number of carbonyl (C=O) groups excluding carboxylic acids is 1. The van der Waals surface area contributed by atoms with E-state index in [1.807, 2.05) is 44.7 Å². The molecule has 0 radical (unpaired) electrons. The molecule has 0 saturated carbocycles. The van der Waals surface area contributed by atoms with Crippen molar-refractivity contribution in [3.8, 4) is 0 Å². The first-order valence-corrected chi connectivity index (χ1v) is 6.11. The molecule has 0 bridgehead atoms. The Kier molecular flexibility index (Phi) is 2.74. The van der Waals surface area contributed by atoms with Crippen LogP contribution in [0.3, 0.4) is 0 Å². The van der Waals surface area contributed by atoms with Crippen molar-refractivity contribution in [2.75, 3.05) is 11.4 Å². The van der Waals surface area contributed by atoms with Gasteiger partial charge in [-0.3, -0.25) is 4.79 Å². The van der Waals surface area contributed by atoms with Crippen LogP contribution in [0, 0.1) is 0 Å². The third-order valence-electron chi connectivity index (χ3n) is 3.61. The number of amides is 1. The van der Waals surface area contributed by atoms with Crippen LogP contribution in [0.1, 0.15) is 44.9 Å². The predicted octanol–water partition coefficient (Wildman–Crippen LogP) is 2.35. The highest BCUT2D eigenvalue weighted by Crippen LogP contribution is 2.42. The van der Waals surface area contributed by atoms with E-state index in [-0.39, 0.29) is 11.9 Å². The zero-order valence-electron chi connectivity index (χ0n) is 10.9. The summed E-state index contributed by atoms with van der Waals surface area (Å²) in [5.41, 5.74) is 8.68. The Morgan fingerprint density at radius 2 is 2.06 bits per heavy atom. The Bertz CT molecular complexity index is 463. The van der Waals surface area contributed by atoms with Gasteiger partial charge in [-0.1, -0.05) is 12.1 Å². The van der Waals surface area contributed by atoms with Crippen LogP contribution in [0.15, 0.2) is 18.2 Å². The van der Waals surface area contributed by atoms with Crippen molar-refractivity contribution in [1.29, 1.82) is 0 Å². The summed E-state index contributed by atoms with van der Waals surface area (Å²) < 4.78 is 0. The maximum Gasteiger partial charge on any atom is 0.237 e. The van der Waals surface area contributed by atoms with Gasteiger partial charge in [0.2, 0.25) is 5.91 Å². The molecule has 0 fully saturated rings. The van der Waals surface area contributed by atoms with Crippen LogP contribution in [0.4, 0.5) is 5.69 Å². The summed E-state index contributed by atoms with van der Waals surface area (Å²) >= 11 is 0. The second-order valence-corrected chi connectivity index (χ2v) is 5.24. The van der Waals surface area contributed by atoms with E-state index in [9.17, 15) is 4.79 Å². The molecule has 92 valence electrons. The molecule has 0 aliphatic carbocycles. The van der Waals surface area contributed by atoms with E-state index in [1.165, 1.54) is 0 Å². The van der Waals surface area contributed by atoms with Crippen LogP contribution >= 0.6 is 0 Å². The molecule has 3 heteroatoms. The van der Waals surface area contributed by atoms with Gasteiger partial charge >= 0.3 is 0 Å². The summed E-state index contributed by atoms with van der Waals surface area (Å²) in [4.78, 5) is 14.1. The van der Waals surface area contributed by atoms with Crippen molar-refractivity contribution < 1.29 is 4.79 Å². The van der Waals surface area contributed by atoms with E-state index in [0.29, 0.717) is 6.54 Å². The lowest BCUT2D eigenvalue weighted by Gasteiger charge is -2.18. The normalized spacial score (nSPS) is 19.4. The molecule has 2 N–H and O–H groups in total. The molecule has 1 aliphatic rings. The lowest BCUT2D eigenvalue weighted by molar-refractivity contribution is -0.122. The number of nitrogens with two attached hydrogens (primary N) is 1. The first kappa shape index (κ1) is 12.1. The Balaban J connectivity index is 2.59. The zero-order chi connectivity index (χ0) is 12.8. The van der Waals surface area contributed by atoms with Crippen LogP contribution in [-0.2, 0) is 10.2 Å². The minimum absolute atomic E-state index is 0.00174. The number of rotatable bonds is 2. The van der Waals surface area contributed by atoms with E-state index >= 15 is 0 Å². The van der Waals surface area contributed by atoms with Gasteiger partial charge in [0.15, 0.2) is 0 Å². The Labute approximate surface area is 103 Å². The van der Waals surface area contributed by atoms with Crippen molar-refractivity contribution in [1.82, 2.24) is 0 Å². The molecule has 17 heavy (non-hydrogen) atoms. The monoisotopic (exact) mass is 232 g/mol. The fraction of sp³-hybridized carbons (Fsp3) is 0.500. The molecule has 3 nitrogen and oxygen atoms in total. The quantitative estimate of drug-likeness (QED) is 0.850. The van der Waals surface area contributed by atoms with E-state index in [1.54, 1.807) is 0 Å². The number of benzene rings is 1. The topological polar surface area (TPSA) is 46.3 Å². The van der Waals surface area contributed by atoms with Crippen molar-refractivity contribution in [2.24, 2.45) is 5.73 Å². The van der Waals surface area contributed by atoms with Gasteiger partial charge in [-0.05, 0) is 44.9 Å². The van der Waals surface area contributed by atoms with Gasteiger partial charge in [-0.15, -0.1) is 0 Å². The number of likely N-dealkylation sites (N-methyl/N-ethyl adjacent to an activating group) is 1. The minimum atomic E-state index is -0.434. The summed E-state index contributed by atoms with van der Waals surface area (Å²) in [5.74, 6) is 0.178. The first-order valence-electron chi connectivity index (χ1n) is 6.11. The molecule has 1 amide bonds. The highest BCUT2D eigenvalue weighted by molar-refractivity contribution is 6.07. The summed E-state index contributed by atoms with van der Waals surface area (Å²) in [6.45, 7) is 8.64. The van der Waals surface area contributed by atoms with Crippen LogP contribution in [0.5, 0.6) is 0 Å². The van der Waals surface area contributed by atoms with Gasteiger partial charge in [-0.25, -0.2) is 0 Å². The van der Waals surface area contributed by atoms with Crippen LogP contribution in [0.2, 0.25) is 0 Å². The van der Waals surface area contributed by atoms with Crippen molar-refractivity contribution >= 4 is 11.6 Å². The molecule has 1 atom stereocenters. The number of hydrogen-bond donors (Lipinski definition) is 1. The second-order valence-electron chi connectivity index (χ2n) is 5.24. The van der Waals surface area contributed by atoms with Gasteiger partial charge in [0.25, 0.3) is 0 Å². The van der Waals surface area contributed by atoms with Crippen molar-refractivity contribution in [2.45, 2.75) is 39.2 Å². The fourth-order valence-corrected chi connectivity index (χ4v) is 2.45. The van der Waals surface area contributed by atoms with Gasteiger partial charge in [-0.2, -0.15) is 0 Å². The second kappa shape index (κ2) is 3.84. The Morgan fingerprint density at radius 3 is 2.59 bits per heavy atom. The molecule has 0 saturated heterocycles. The average molecular weight is 232 g/mol. The van der Waals surface area contributed by atoms with Gasteiger partial charge in [0.1, 0.15) is 0 Å². The molecule has 2 rings (SSSR count). The molecule has 1 aliphatic heterocycles. The highest BCUT2D eigenvalue weighted by Gasteiger charge is 2.43. The summed E-state index contributed by atoms with van der Waals surface area (Å²) in [5, 5.41) is 0. The number of nitrogens with zero attached hydrogens (tertiary/aromatic N) is 1. The molecule has 1 heterocycles. The Hall–Kier alpha value is -1.35. The zero-order valence-corrected chi connectivity index (χ0v) is 10.9. The molecule has 0 spiro atoms. The molecule has 1 aromatic rings. The predicted molar refractivity (Wildman–Crippen MR) is 70.1 cm³/mol. The Morgan fingerprint density at radius 1 is 1.41 bits per heavy atom. The summed E-state index contributed by atoms with van der Waals surface area (Å²) in [7, 11) is 0. The highest BCUT2D eigenvalue weighted by atomic mass is 16.2. The van der Waals surface area contributed by atoms with Crippen molar-refractivity contribution in [3.63, 3.8) is 0 Å². The fourth-order valence-electron chi connectivity index (χ4n) is 2.45. The van der Waals surface area contributed by atoms with Gasteiger partial charge < -0.3 is 10.6 Å². The van der Waals surface area contributed by atoms with E-state index in [0.717, 1.165) is 16.8 Å². The first-order chi connectivity index (χ1) is 7.89. The SMILES string of the molecule is CCN1C(=O)C(C)(C)c2cc(C(C)N)ccc21. The molecule has 1 unspecified atom stereocenters. The minimum Gasteiger partial charge on any atom is -0.324 e. The van der Waals surface area contributed by atoms with Gasteiger partial charge in [0, 0.05) is 18.3 Å². The average Bonchev–Trinajstić information content (AvgIpc) is 2.47. The standard InChI is InChI=1S/C14H20N2O/c1-5-16-12-7-6-10(9(2)15)8-11(12)14(3,4)13(16)17/h6-9H,5,15H2,1-4H3.